The van der Waals surface area contributed by atoms with Crippen LogP contribution in [0.1, 0.15) is 6.92 Å². The van der Waals surface area contributed by atoms with Crippen molar-refractivity contribution in [2.75, 3.05) is 24.3 Å². The van der Waals surface area contributed by atoms with Gasteiger partial charge in [-0.15, -0.1) is 0 Å². The van der Waals surface area contributed by atoms with E-state index in [1.165, 1.54) is 6.33 Å². The molecule has 20 heavy (non-hydrogen) atoms. The first kappa shape index (κ1) is 14.9. The molecule has 0 aliphatic heterocycles. The number of rotatable bonds is 5. The number of methoxy groups -OCH3 is 1. The molecular weight excluding hydrogens is 344 g/mol. The summed E-state index contributed by atoms with van der Waals surface area (Å²) in [5.41, 5.74) is 0.803. The molecule has 0 bridgehead atoms. The number of ether oxygens (including phenoxy) is 1. The molecule has 2 aromatic rings. The molecule has 5 nitrogen and oxygen atoms in total. The second kappa shape index (κ2) is 6.76. The molecule has 1 aromatic heterocycles. The molecule has 1 aromatic carbocycles. The summed E-state index contributed by atoms with van der Waals surface area (Å²) in [6.45, 7) is 2.73. The predicted molar refractivity (Wildman–Crippen MR) is 85.2 cm³/mol. The highest BCUT2D eigenvalue weighted by Gasteiger charge is 2.13. The number of aromatic nitrogens is 2. The molecule has 0 aliphatic carbocycles. The molecule has 0 spiro atoms. The molecule has 2 N–H and O–H groups in total. The summed E-state index contributed by atoms with van der Waals surface area (Å²) in [7, 11) is 1.58. The van der Waals surface area contributed by atoms with Gasteiger partial charge < -0.3 is 15.4 Å². The van der Waals surface area contributed by atoms with Gasteiger partial charge in [0.1, 0.15) is 6.33 Å². The van der Waals surface area contributed by atoms with E-state index in [1.807, 2.05) is 13.0 Å². The van der Waals surface area contributed by atoms with Crippen molar-refractivity contribution in [2.45, 2.75) is 6.92 Å². The fourth-order valence-corrected chi connectivity index (χ4v) is 2.19. The Kier molecular flexibility index (Phi) is 5.03. The number of halogens is 2. The van der Waals surface area contributed by atoms with Gasteiger partial charge in [-0.2, -0.15) is 0 Å². The van der Waals surface area contributed by atoms with Gasteiger partial charge >= 0.3 is 0 Å². The third-order valence-corrected chi connectivity index (χ3v) is 3.46. The lowest BCUT2D eigenvalue weighted by Crippen LogP contribution is -2.06. The van der Waals surface area contributed by atoms with Crippen molar-refractivity contribution < 1.29 is 4.74 Å². The highest BCUT2D eigenvalue weighted by Crippen LogP contribution is 2.34. The van der Waals surface area contributed by atoms with E-state index >= 15 is 0 Å². The van der Waals surface area contributed by atoms with Crippen LogP contribution < -0.4 is 15.4 Å². The van der Waals surface area contributed by atoms with Crippen LogP contribution >= 0.6 is 27.5 Å². The van der Waals surface area contributed by atoms with Crippen molar-refractivity contribution in [1.29, 1.82) is 0 Å². The van der Waals surface area contributed by atoms with E-state index in [9.17, 15) is 0 Å². The first-order valence-electron chi connectivity index (χ1n) is 6.00. The molecule has 1 heterocycles. The molecule has 0 saturated heterocycles. The Balaban J connectivity index is 2.37. The zero-order chi connectivity index (χ0) is 14.5. The maximum Gasteiger partial charge on any atom is 0.204 e. The Morgan fingerprint density at radius 3 is 2.75 bits per heavy atom. The van der Waals surface area contributed by atoms with E-state index in [1.54, 1.807) is 19.2 Å². The van der Waals surface area contributed by atoms with E-state index < -0.39 is 0 Å². The third-order valence-electron chi connectivity index (χ3n) is 2.53. The van der Waals surface area contributed by atoms with Gasteiger partial charge in [0.05, 0.1) is 12.8 Å². The van der Waals surface area contributed by atoms with E-state index in [4.69, 9.17) is 16.3 Å². The van der Waals surface area contributed by atoms with Gasteiger partial charge in [0.2, 0.25) is 5.75 Å². The molecule has 2 rings (SSSR count). The first-order valence-corrected chi connectivity index (χ1v) is 7.17. The molecule has 0 fully saturated rings. The number of benzene rings is 1. The van der Waals surface area contributed by atoms with Crippen LogP contribution in [-0.2, 0) is 0 Å². The minimum atomic E-state index is 0.557. The van der Waals surface area contributed by atoms with Crippen molar-refractivity contribution in [3.8, 4) is 5.75 Å². The molecule has 106 valence electrons. The van der Waals surface area contributed by atoms with Gasteiger partial charge in [0.15, 0.2) is 11.6 Å². The van der Waals surface area contributed by atoms with Crippen LogP contribution in [0.4, 0.5) is 17.3 Å². The third kappa shape index (κ3) is 3.32. The Morgan fingerprint density at radius 1 is 1.30 bits per heavy atom. The van der Waals surface area contributed by atoms with Crippen LogP contribution in [0.15, 0.2) is 29.0 Å². The first-order chi connectivity index (χ1) is 9.65. The molecular formula is C13H14BrClN4O. The molecule has 0 unspecified atom stereocenters. The summed E-state index contributed by atoms with van der Waals surface area (Å²) < 4.78 is 6.26. The van der Waals surface area contributed by atoms with Gasteiger partial charge in [0, 0.05) is 16.0 Å². The minimum absolute atomic E-state index is 0.557. The van der Waals surface area contributed by atoms with Crippen molar-refractivity contribution in [3.63, 3.8) is 0 Å². The summed E-state index contributed by atoms with van der Waals surface area (Å²) in [6, 6.07) is 5.47. The number of nitrogens with one attached hydrogen (secondary N) is 2. The Hall–Kier alpha value is -1.53. The van der Waals surface area contributed by atoms with E-state index in [-0.39, 0.29) is 0 Å². The average molecular weight is 358 g/mol. The van der Waals surface area contributed by atoms with Gasteiger partial charge in [-0.3, -0.25) is 0 Å². The van der Waals surface area contributed by atoms with E-state index in [0.29, 0.717) is 22.4 Å². The number of hydrogen-bond donors (Lipinski definition) is 2. The molecule has 0 amide bonds. The van der Waals surface area contributed by atoms with Gasteiger partial charge in [-0.25, -0.2) is 9.97 Å². The van der Waals surface area contributed by atoms with E-state index in [0.717, 1.165) is 16.7 Å². The van der Waals surface area contributed by atoms with Gasteiger partial charge in [-0.05, 0) is 41.1 Å². The smallest absolute Gasteiger partial charge is 0.204 e. The largest absolute Gasteiger partial charge is 0.490 e. The summed E-state index contributed by atoms with van der Waals surface area (Å²) in [5.74, 6) is 1.77. The zero-order valence-corrected chi connectivity index (χ0v) is 13.4. The lowest BCUT2D eigenvalue weighted by molar-refractivity contribution is 0.415. The number of hydrogen-bond acceptors (Lipinski definition) is 5. The van der Waals surface area contributed by atoms with Crippen LogP contribution in [0.5, 0.6) is 5.75 Å². The lowest BCUT2D eigenvalue weighted by Gasteiger charge is -2.14. The van der Waals surface area contributed by atoms with Crippen LogP contribution in [0.2, 0.25) is 5.02 Å². The molecule has 0 aliphatic rings. The fraction of sp³-hybridized carbons (Fsp3) is 0.231. The normalized spacial score (nSPS) is 10.2. The predicted octanol–water partition coefficient (Wildman–Crippen LogP) is 4.08. The molecule has 7 heteroatoms. The second-order valence-corrected chi connectivity index (χ2v) is 5.17. The van der Waals surface area contributed by atoms with Crippen LogP contribution in [-0.4, -0.2) is 23.6 Å². The highest BCUT2D eigenvalue weighted by molar-refractivity contribution is 9.10. The fourth-order valence-electron chi connectivity index (χ4n) is 1.67. The van der Waals surface area contributed by atoms with Crippen molar-refractivity contribution in [3.05, 3.63) is 34.0 Å². The Labute approximate surface area is 130 Å². The Morgan fingerprint density at radius 2 is 2.05 bits per heavy atom. The Bertz CT molecular complexity index is 609. The standard InChI is InChI=1S/C13H14BrClN4O/c1-3-16-12-11(20-2)13(18-7-17-12)19-10-6-8(15)4-5-9(10)14/h4-7H,3H2,1-2H3,(H2,16,17,18,19). The summed E-state index contributed by atoms with van der Waals surface area (Å²) in [6.07, 6.45) is 1.47. The number of anilines is 3. The van der Waals surface area contributed by atoms with Crippen molar-refractivity contribution in [2.24, 2.45) is 0 Å². The quantitative estimate of drug-likeness (QED) is 0.844. The zero-order valence-electron chi connectivity index (χ0n) is 11.1. The van der Waals surface area contributed by atoms with E-state index in [2.05, 4.69) is 36.5 Å². The average Bonchev–Trinajstić information content (AvgIpc) is 2.43. The minimum Gasteiger partial charge on any atom is -0.490 e. The number of nitrogens with zero attached hydrogens (tertiary/aromatic N) is 2. The molecule has 0 radical (unpaired) electrons. The van der Waals surface area contributed by atoms with Crippen LogP contribution in [0, 0.1) is 0 Å². The summed E-state index contributed by atoms with van der Waals surface area (Å²) in [4.78, 5) is 8.36. The van der Waals surface area contributed by atoms with Gasteiger partial charge in [0.25, 0.3) is 0 Å². The monoisotopic (exact) mass is 356 g/mol. The second-order valence-electron chi connectivity index (χ2n) is 3.88. The summed E-state index contributed by atoms with van der Waals surface area (Å²) in [5, 5.41) is 6.94. The molecule has 0 atom stereocenters. The van der Waals surface area contributed by atoms with Crippen LogP contribution in [0.3, 0.4) is 0 Å². The topological polar surface area (TPSA) is 59.1 Å². The molecule has 0 saturated carbocycles. The summed E-state index contributed by atoms with van der Waals surface area (Å²) >= 11 is 9.46. The van der Waals surface area contributed by atoms with Crippen molar-refractivity contribution in [1.82, 2.24) is 9.97 Å². The van der Waals surface area contributed by atoms with Gasteiger partial charge in [-0.1, -0.05) is 11.6 Å². The highest BCUT2D eigenvalue weighted by atomic mass is 79.9. The van der Waals surface area contributed by atoms with Crippen LogP contribution in [0.25, 0.3) is 0 Å². The van der Waals surface area contributed by atoms with Crippen molar-refractivity contribution >= 4 is 44.9 Å². The maximum atomic E-state index is 6.00. The lowest BCUT2D eigenvalue weighted by atomic mass is 10.3. The SMILES string of the molecule is CCNc1ncnc(Nc2cc(Cl)ccc2Br)c1OC. The maximum absolute atomic E-state index is 6.00.